The van der Waals surface area contributed by atoms with Crippen LogP contribution in [-0.2, 0) is 12.8 Å². The maximum Gasteiger partial charge on any atom is 0.242 e. The van der Waals surface area contributed by atoms with E-state index in [9.17, 15) is 0 Å². The summed E-state index contributed by atoms with van der Waals surface area (Å²) in [6, 6.07) is 0. The van der Waals surface area contributed by atoms with E-state index in [-0.39, 0.29) is 5.41 Å². The van der Waals surface area contributed by atoms with Crippen molar-refractivity contribution in [3.63, 3.8) is 0 Å². The van der Waals surface area contributed by atoms with Gasteiger partial charge in [0.1, 0.15) is 0 Å². The zero-order valence-electron chi connectivity index (χ0n) is 11.0. The quantitative estimate of drug-likeness (QED) is 0.795. The van der Waals surface area contributed by atoms with Crippen LogP contribution in [0.15, 0.2) is 0 Å². The van der Waals surface area contributed by atoms with E-state index in [0.717, 1.165) is 30.8 Å². The minimum absolute atomic E-state index is 0.0285. The Bertz CT molecular complexity index is 366. The van der Waals surface area contributed by atoms with E-state index in [1.165, 1.54) is 0 Å². The molecule has 1 aromatic heterocycles. The first kappa shape index (κ1) is 14.2. The van der Waals surface area contributed by atoms with Gasteiger partial charge in [-0.25, -0.2) is 4.98 Å². The largest absolute Gasteiger partial charge is 0.352 e. The van der Waals surface area contributed by atoms with Crippen LogP contribution in [-0.4, -0.2) is 27.6 Å². The van der Waals surface area contributed by atoms with E-state index < -0.39 is 0 Å². The molecule has 17 heavy (non-hydrogen) atoms. The highest BCUT2D eigenvalue weighted by atomic mass is 35.5. The minimum atomic E-state index is 0.0285. The van der Waals surface area contributed by atoms with E-state index in [1.54, 1.807) is 0 Å². The molecule has 0 aliphatic rings. The summed E-state index contributed by atoms with van der Waals surface area (Å²) in [5.41, 5.74) is 2.03. The maximum absolute atomic E-state index is 5.87. The monoisotopic (exact) mass is 256 g/mol. The lowest BCUT2D eigenvalue weighted by molar-refractivity contribution is 0.448. The zero-order valence-corrected chi connectivity index (χ0v) is 11.8. The Morgan fingerprint density at radius 3 is 2.29 bits per heavy atom. The lowest BCUT2D eigenvalue weighted by atomic mass is 9.97. The Kier molecular flexibility index (Phi) is 5.12. The number of hydrogen-bond donors (Lipinski definition) is 1. The van der Waals surface area contributed by atoms with E-state index in [0.29, 0.717) is 11.8 Å². The molecule has 0 aromatic carbocycles. The van der Waals surface area contributed by atoms with Gasteiger partial charge in [0, 0.05) is 12.4 Å². The van der Waals surface area contributed by atoms with Crippen LogP contribution in [0.25, 0.3) is 0 Å². The van der Waals surface area contributed by atoms with E-state index in [4.69, 9.17) is 11.6 Å². The Labute approximate surface area is 108 Å². The fourth-order valence-corrected chi connectivity index (χ4v) is 1.47. The van der Waals surface area contributed by atoms with Crippen molar-refractivity contribution >= 4 is 17.5 Å². The van der Waals surface area contributed by atoms with Crippen LogP contribution in [0.5, 0.6) is 0 Å². The number of aromatic nitrogens is 3. The molecule has 0 saturated carbocycles. The van der Waals surface area contributed by atoms with Gasteiger partial charge in [-0.1, -0.05) is 27.7 Å². The van der Waals surface area contributed by atoms with Gasteiger partial charge < -0.3 is 5.32 Å². The number of aryl methyl sites for hydroxylation is 2. The highest BCUT2D eigenvalue weighted by molar-refractivity contribution is 6.18. The van der Waals surface area contributed by atoms with Crippen molar-refractivity contribution in [3.05, 3.63) is 11.4 Å². The first-order valence-corrected chi connectivity index (χ1v) is 6.58. The number of anilines is 1. The third kappa shape index (κ3) is 4.11. The van der Waals surface area contributed by atoms with Crippen molar-refractivity contribution in [2.75, 3.05) is 17.7 Å². The van der Waals surface area contributed by atoms with Crippen molar-refractivity contribution in [2.45, 2.75) is 40.5 Å². The van der Waals surface area contributed by atoms with Gasteiger partial charge >= 0.3 is 0 Å². The van der Waals surface area contributed by atoms with Crippen molar-refractivity contribution in [2.24, 2.45) is 5.41 Å². The number of nitrogens with one attached hydrogen (secondary N) is 1. The molecule has 1 heterocycles. The van der Waals surface area contributed by atoms with Crippen molar-refractivity contribution < 1.29 is 0 Å². The van der Waals surface area contributed by atoms with Crippen molar-refractivity contribution in [3.8, 4) is 0 Å². The fourth-order valence-electron chi connectivity index (χ4n) is 1.38. The second-order valence-corrected chi connectivity index (χ2v) is 5.15. The Hall–Kier alpha value is -0.900. The second kappa shape index (κ2) is 6.15. The molecule has 96 valence electrons. The summed E-state index contributed by atoms with van der Waals surface area (Å²) in [6.45, 7) is 9.08. The molecule has 1 aromatic rings. The predicted octanol–water partition coefficient (Wildman–Crippen LogP) is 2.67. The van der Waals surface area contributed by atoms with Crippen LogP contribution in [0.3, 0.4) is 0 Å². The van der Waals surface area contributed by atoms with E-state index >= 15 is 0 Å². The molecule has 0 saturated heterocycles. The number of halogens is 1. The summed E-state index contributed by atoms with van der Waals surface area (Å²) < 4.78 is 0. The molecular formula is C12H21ClN4. The standard InChI is InChI=1S/C12H21ClN4/c1-5-9-10(6-2)16-17-11(15-9)14-8-12(3,4)7-13/h5-8H2,1-4H3,(H,14,15,17). The SMILES string of the molecule is CCc1nnc(NCC(C)(C)CCl)nc1CC. The van der Waals surface area contributed by atoms with Gasteiger partial charge in [-0.05, 0) is 18.3 Å². The van der Waals surface area contributed by atoms with Gasteiger partial charge in [0.05, 0.1) is 11.4 Å². The van der Waals surface area contributed by atoms with Crippen molar-refractivity contribution in [1.29, 1.82) is 0 Å². The Morgan fingerprint density at radius 1 is 1.12 bits per heavy atom. The van der Waals surface area contributed by atoms with Crippen LogP contribution in [0.2, 0.25) is 0 Å². The number of hydrogen-bond acceptors (Lipinski definition) is 4. The van der Waals surface area contributed by atoms with E-state index in [2.05, 4.69) is 48.2 Å². The van der Waals surface area contributed by atoms with Gasteiger partial charge in [-0.15, -0.1) is 16.7 Å². The van der Waals surface area contributed by atoms with Gasteiger partial charge in [0.2, 0.25) is 5.95 Å². The Balaban J connectivity index is 2.73. The molecule has 1 rings (SSSR count). The van der Waals surface area contributed by atoms with Crippen LogP contribution in [0.1, 0.15) is 39.1 Å². The summed E-state index contributed by atoms with van der Waals surface area (Å²) >= 11 is 5.87. The summed E-state index contributed by atoms with van der Waals surface area (Å²) in [5.74, 6) is 1.19. The molecule has 4 nitrogen and oxygen atoms in total. The molecule has 0 bridgehead atoms. The third-order valence-corrected chi connectivity index (χ3v) is 3.32. The third-order valence-electron chi connectivity index (χ3n) is 2.60. The zero-order chi connectivity index (χ0) is 12.9. The summed E-state index contributed by atoms with van der Waals surface area (Å²) in [5, 5.41) is 11.5. The van der Waals surface area contributed by atoms with Gasteiger partial charge in [0.15, 0.2) is 0 Å². The molecule has 0 aliphatic carbocycles. The number of alkyl halides is 1. The smallest absolute Gasteiger partial charge is 0.242 e. The van der Waals surface area contributed by atoms with E-state index in [1.807, 2.05) is 0 Å². The highest BCUT2D eigenvalue weighted by Gasteiger charge is 2.16. The first-order valence-electron chi connectivity index (χ1n) is 6.04. The maximum atomic E-state index is 5.87. The van der Waals surface area contributed by atoms with Crippen molar-refractivity contribution in [1.82, 2.24) is 15.2 Å². The molecule has 0 aliphatic heterocycles. The molecular weight excluding hydrogens is 236 g/mol. The second-order valence-electron chi connectivity index (χ2n) is 4.89. The normalized spacial score (nSPS) is 11.6. The number of rotatable bonds is 6. The van der Waals surface area contributed by atoms with Gasteiger partial charge in [-0.3, -0.25) is 0 Å². The summed E-state index contributed by atoms with van der Waals surface area (Å²) in [6.07, 6.45) is 1.75. The average molecular weight is 257 g/mol. The molecule has 0 spiro atoms. The molecule has 0 unspecified atom stereocenters. The van der Waals surface area contributed by atoms with Gasteiger partial charge in [0.25, 0.3) is 0 Å². The van der Waals surface area contributed by atoms with Crippen LogP contribution in [0, 0.1) is 5.41 Å². The molecule has 0 amide bonds. The van der Waals surface area contributed by atoms with Gasteiger partial charge in [-0.2, -0.15) is 5.10 Å². The fraction of sp³-hybridized carbons (Fsp3) is 0.750. The topological polar surface area (TPSA) is 50.7 Å². The van der Waals surface area contributed by atoms with Crippen LogP contribution < -0.4 is 5.32 Å². The Morgan fingerprint density at radius 2 is 1.76 bits per heavy atom. The minimum Gasteiger partial charge on any atom is -0.352 e. The lowest BCUT2D eigenvalue weighted by Gasteiger charge is -2.21. The number of nitrogens with zero attached hydrogens (tertiary/aromatic N) is 3. The van der Waals surface area contributed by atoms with Crippen LogP contribution >= 0.6 is 11.6 Å². The lowest BCUT2D eigenvalue weighted by Crippen LogP contribution is -2.26. The summed E-state index contributed by atoms with van der Waals surface area (Å²) in [4.78, 5) is 4.47. The molecule has 0 fully saturated rings. The molecule has 5 heteroatoms. The predicted molar refractivity (Wildman–Crippen MR) is 71.6 cm³/mol. The summed E-state index contributed by atoms with van der Waals surface area (Å²) in [7, 11) is 0. The average Bonchev–Trinajstić information content (AvgIpc) is 2.36. The highest BCUT2D eigenvalue weighted by Crippen LogP contribution is 2.17. The van der Waals surface area contributed by atoms with Crippen LogP contribution in [0.4, 0.5) is 5.95 Å². The molecule has 1 N–H and O–H groups in total. The molecule has 0 atom stereocenters. The molecule has 0 radical (unpaired) electrons. The first-order chi connectivity index (χ1) is 8.02.